The third-order valence-electron chi connectivity index (χ3n) is 3.59. The molecule has 1 heterocycles. The number of nitrogens with zero attached hydrogens (tertiary/aromatic N) is 2. The second kappa shape index (κ2) is 6.85. The van der Waals surface area contributed by atoms with E-state index in [0.29, 0.717) is 37.6 Å². The van der Waals surface area contributed by atoms with E-state index in [0.717, 1.165) is 10.5 Å². The summed E-state index contributed by atoms with van der Waals surface area (Å²) >= 11 is 1.47. The Balaban J connectivity index is 1.84. The molecule has 1 aliphatic heterocycles. The number of amides is 2. The molecular formula is C15H21N3O2S. The maximum Gasteiger partial charge on any atom is 0.233 e. The number of hydrogen-bond acceptors (Lipinski definition) is 4. The molecule has 6 heteroatoms. The smallest absolute Gasteiger partial charge is 0.233 e. The molecule has 0 saturated carbocycles. The largest absolute Gasteiger partial charge is 0.398 e. The van der Waals surface area contributed by atoms with Crippen LogP contribution in [0.15, 0.2) is 23.1 Å². The van der Waals surface area contributed by atoms with Crippen LogP contribution in [-0.2, 0) is 9.59 Å². The zero-order valence-corrected chi connectivity index (χ0v) is 13.3. The number of piperazine rings is 1. The summed E-state index contributed by atoms with van der Waals surface area (Å²) in [6, 6.07) is 5.86. The number of carbonyl (C=O) groups is 2. The van der Waals surface area contributed by atoms with Gasteiger partial charge in [-0.25, -0.2) is 0 Å². The van der Waals surface area contributed by atoms with Crippen LogP contribution < -0.4 is 5.73 Å². The first-order chi connectivity index (χ1) is 9.97. The van der Waals surface area contributed by atoms with E-state index in [4.69, 9.17) is 5.73 Å². The number of benzene rings is 1. The summed E-state index contributed by atoms with van der Waals surface area (Å²) in [6.07, 6.45) is 0. The standard InChI is InChI=1S/C15H21N3O2S/c1-11-3-4-14(13(16)9-11)21-10-15(20)18-7-5-17(6-8-18)12(2)19/h3-4,9H,5-8,10,16H2,1-2H3. The van der Waals surface area contributed by atoms with Crippen molar-refractivity contribution in [2.75, 3.05) is 37.7 Å². The van der Waals surface area contributed by atoms with E-state index in [1.54, 1.807) is 11.8 Å². The minimum atomic E-state index is 0.0731. The molecule has 21 heavy (non-hydrogen) atoms. The van der Waals surface area contributed by atoms with Gasteiger partial charge in [-0.3, -0.25) is 9.59 Å². The predicted molar refractivity (Wildman–Crippen MR) is 85.1 cm³/mol. The molecule has 1 aromatic carbocycles. The fourth-order valence-corrected chi connectivity index (χ4v) is 3.15. The summed E-state index contributed by atoms with van der Waals surface area (Å²) in [7, 11) is 0. The van der Waals surface area contributed by atoms with Crippen LogP contribution in [0.5, 0.6) is 0 Å². The van der Waals surface area contributed by atoms with Crippen LogP contribution in [-0.4, -0.2) is 53.5 Å². The highest BCUT2D eigenvalue weighted by molar-refractivity contribution is 8.00. The van der Waals surface area contributed by atoms with Crippen molar-refractivity contribution in [2.45, 2.75) is 18.7 Å². The van der Waals surface area contributed by atoms with E-state index < -0.39 is 0 Å². The number of rotatable bonds is 3. The van der Waals surface area contributed by atoms with E-state index in [-0.39, 0.29) is 11.8 Å². The topological polar surface area (TPSA) is 66.6 Å². The van der Waals surface area contributed by atoms with Crippen molar-refractivity contribution in [3.8, 4) is 0 Å². The third-order valence-corrected chi connectivity index (χ3v) is 4.67. The number of hydrogen-bond donors (Lipinski definition) is 1. The average Bonchev–Trinajstić information content (AvgIpc) is 2.46. The van der Waals surface area contributed by atoms with Crippen molar-refractivity contribution in [2.24, 2.45) is 0 Å². The molecule has 1 fully saturated rings. The maximum absolute atomic E-state index is 12.2. The fourth-order valence-electron chi connectivity index (χ4n) is 2.30. The van der Waals surface area contributed by atoms with Gasteiger partial charge in [0, 0.05) is 43.7 Å². The van der Waals surface area contributed by atoms with Crippen molar-refractivity contribution >= 4 is 29.3 Å². The molecule has 0 radical (unpaired) electrons. The average molecular weight is 307 g/mol. The van der Waals surface area contributed by atoms with Crippen molar-refractivity contribution in [1.29, 1.82) is 0 Å². The van der Waals surface area contributed by atoms with E-state index in [1.165, 1.54) is 11.8 Å². The van der Waals surface area contributed by atoms with Gasteiger partial charge in [-0.1, -0.05) is 6.07 Å². The van der Waals surface area contributed by atoms with E-state index >= 15 is 0 Å². The first-order valence-corrected chi connectivity index (χ1v) is 7.98. The molecule has 2 N–H and O–H groups in total. The lowest BCUT2D eigenvalue weighted by Crippen LogP contribution is -2.50. The van der Waals surface area contributed by atoms with Crippen LogP contribution in [0.25, 0.3) is 0 Å². The highest BCUT2D eigenvalue weighted by atomic mass is 32.2. The van der Waals surface area contributed by atoms with Crippen molar-refractivity contribution < 1.29 is 9.59 Å². The Morgan fingerprint density at radius 3 is 2.38 bits per heavy atom. The van der Waals surface area contributed by atoms with Gasteiger partial charge in [-0.05, 0) is 24.6 Å². The van der Waals surface area contributed by atoms with Crippen LogP contribution in [0, 0.1) is 6.92 Å². The normalized spacial score (nSPS) is 15.1. The van der Waals surface area contributed by atoms with Gasteiger partial charge in [0.2, 0.25) is 11.8 Å². The minimum Gasteiger partial charge on any atom is -0.398 e. The lowest BCUT2D eigenvalue weighted by atomic mass is 10.2. The summed E-state index contributed by atoms with van der Waals surface area (Å²) in [4.78, 5) is 28.0. The summed E-state index contributed by atoms with van der Waals surface area (Å²) in [5, 5.41) is 0. The Bertz CT molecular complexity index is 540. The van der Waals surface area contributed by atoms with Gasteiger partial charge in [0.25, 0.3) is 0 Å². The Labute approximate surface area is 129 Å². The molecular weight excluding hydrogens is 286 g/mol. The number of nitrogen functional groups attached to an aromatic ring is 1. The van der Waals surface area contributed by atoms with Gasteiger partial charge >= 0.3 is 0 Å². The second-order valence-electron chi connectivity index (χ2n) is 5.22. The molecule has 1 saturated heterocycles. The zero-order chi connectivity index (χ0) is 15.4. The Morgan fingerprint density at radius 1 is 1.19 bits per heavy atom. The lowest BCUT2D eigenvalue weighted by Gasteiger charge is -2.34. The summed E-state index contributed by atoms with van der Waals surface area (Å²) < 4.78 is 0. The van der Waals surface area contributed by atoms with Gasteiger partial charge in [-0.15, -0.1) is 11.8 Å². The fraction of sp³-hybridized carbons (Fsp3) is 0.467. The summed E-state index contributed by atoms with van der Waals surface area (Å²) in [5.41, 5.74) is 7.78. The number of nitrogens with two attached hydrogens (primary N) is 1. The van der Waals surface area contributed by atoms with Crippen LogP contribution in [0.2, 0.25) is 0 Å². The maximum atomic E-state index is 12.2. The van der Waals surface area contributed by atoms with E-state index in [2.05, 4.69) is 0 Å². The molecule has 2 amide bonds. The molecule has 0 aromatic heterocycles. The molecule has 1 aliphatic rings. The Morgan fingerprint density at radius 2 is 1.81 bits per heavy atom. The number of anilines is 1. The first kappa shape index (κ1) is 15.7. The Kier molecular flexibility index (Phi) is 5.12. The molecule has 2 rings (SSSR count). The number of thioether (sulfide) groups is 1. The minimum absolute atomic E-state index is 0.0731. The van der Waals surface area contributed by atoms with Crippen molar-refractivity contribution in [3.05, 3.63) is 23.8 Å². The van der Waals surface area contributed by atoms with Gasteiger partial charge in [0.05, 0.1) is 5.75 Å². The van der Waals surface area contributed by atoms with Gasteiger partial charge in [0.15, 0.2) is 0 Å². The number of carbonyl (C=O) groups excluding carboxylic acids is 2. The first-order valence-electron chi connectivity index (χ1n) is 6.99. The monoisotopic (exact) mass is 307 g/mol. The predicted octanol–water partition coefficient (Wildman–Crippen LogP) is 1.36. The Hall–Kier alpha value is -1.69. The van der Waals surface area contributed by atoms with Crippen molar-refractivity contribution in [3.63, 3.8) is 0 Å². The zero-order valence-electron chi connectivity index (χ0n) is 12.5. The van der Waals surface area contributed by atoms with Gasteiger partial charge in [-0.2, -0.15) is 0 Å². The van der Waals surface area contributed by atoms with E-state index in [1.807, 2.05) is 30.0 Å². The molecule has 1 aromatic rings. The molecule has 0 bridgehead atoms. The number of aryl methyl sites for hydroxylation is 1. The SMILES string of the molecule is CC(=O)N1CCN(C(=O)CSc2ccc(C)cc2N)CC1. The third kappa shape index (κ3) is 4.14. The molecule has 0 aliphatic carbocycles. The van der Waals surface area contributed by atoms with Gasteiger partial charge in [0.1, 0.15) is 0 Å². The molecule has 0 unspecified atom stereocenters. The summed E-state index contributed by atoms with van der Waals surface area (Å²) in [5.74, 6) is 0.555. The molecule has 0 spiro atoms. The molecule has 5 nitrogen and oxygen atoms in total. The van der Waals surface area contributed by atoms with Crippen LogP contribution >= 0.6 is 11.8 Å². The highest BCUT2D eigenvalue weighted by Gasteiger charge is 2.22. The highest BCUT2D eigenvalue weighted by Crippen LogP contribution is 2.26. The van der Waals surface area contributed by atoms with Crippen LogP contribution in [0.1, 0.15) is 12.5 Å². The molecule has 114 valence electrons. The van der Waals surface area contributed by atoms with Crippen molar-refractivity contribution in [1.82, 2.24) is 9.80 Å². The summed E-state index contributed by atoms with van der Waals surface area (Å²) in [6.45, 7) is 6.03. The van der Waals surface area contributed by atoms with E-state index in [9.17, 15) is 9.59 Å². The van der Waals surface area contributed by atoms with Gasteiger partial charge < -0.3 is 15.5 Å². The van der Waals surface area contributed by atoms with Crippen LogP contribution in [0.4, 0.5) is 5.69 Å². The quantitative estimate of drug-likeness (QED) is 0.676. The molecule has 0 atom stereocenters. The lowest BCUT2D eigenvalue weighted by molar-refractivity contribution is -0.136. The van der Waals surface area contributed by atoms with Crippen LogP contribution in [0.3, 0.4) is 0 Å². The second-order valence-corrected chi connectivity index (χ2v) is 6.23.